The van der Waals surface area contributed by atoms with Crippen molar-refractivity contribution in [2.45, 2.75) is 19.9 Å². The van der Waals surface area contributed by atoms with Crippen LogP contribution in [-0.2, 0) is 4.79 Å². The molecule has 5 heteroatoms. The number of amides is 2. The van der Waals surface area contributed by atoms with E-state index in [1.54, 1.807) is 18.2 Å². The number of hydrogen-bond donors (Lipinski definition) is 3. The quantitative estimate of drug-likeness (QED) is 0.766. The third kappa shape index (κ3) is 4.57. The summed E-state index contributed by atoms with van der Waals surface area (Å²) in [5, 5.41) is 5.98. The fourth-order valence-corrected chi connectivity index (χ4v) is 2.35. The first kappa shape index (κ1) is 16.5. The second-order valence-corrected chi connectivity index (χ2v) is 5.45. The van der Waals surface area contributed by atoms with Gasteiger partial charge in [0.25, 0.3) is 0 Å². The smallest absolute Gasteiger partial charge is 0.248 e. The summed E-state index contributed by atoms with van der Waals surface area (Å²) in [5.41, 5.74) is 8.37. The van der Waals surface area contributed by atoms with Crippen LogP contribution in [0.5, 0.6) is 0 Å². The zero-order valence-electron chi connectivity index (χ0n) is 13.3. The molecule has 0 aromatic heterocycles. The van der Waals surface area contributed by atoms with Crippen LogP contribution in [0.15, 0.2) is 48.5 Å². The first-order chi connectivity index (χ1) is 11.0. The molecule has 2 rings (SSSR count). The van der Waals surface area contributed by atoms with Gasteiger partial charge in [0.2, 0.25) is 11.8 Å². The molecule has 0 saturated heterocycles. The van der Waals surface area contributed by atoms with E-state index in [0.29, 0.717) is 5.56 Å². The maximum Gasteiger partial charge on any atom is 0.248 e. The van der Waals surface area contributed by atoms with Gasteiger partial charge in [-0.05, 0) is 43.2 Å². The second-order valence-electron chi connectivity index (χ2n) is 5.45. The Morgan fingerprint density at radius 3 is 2.43 bits per heavy atom. The monoisotopic (exact) mass is 311 g/mol. The predicted octanol–water partition coefficient (Wildman–Crippen LogP) is 2.38. The summed E-state index contributed by atoms with van der Waals surface area (Å²) in [5.74, 6) is -0.554. The predicted molar refractivity (Wildman–Crippen MR) is 91.2 cm³/mol. The van der Waals surface area contributed by atoms with Crippen molar-refractivity contribution < 1.29 is 9.59 Å². The summed E-state index contributed by atoms with van der Waals surface area (Å²) in [4.78, 5) is 23.2. The molecule has 2 aromatic rings. The van der Waals surface area contributed by atoms with Crippen LogP contribution in [0, 0.1) is 6.92 Å². The highest BCUT2D eigenvalue weighted by molar-refractivity contribution is 5.94. The third-order valence-corrected chi connectivity index (χ3v) is 3.62. The van der Waals surface area contributed by atoms with Crippen molar-refractivity contribution in [2.75, 3.05) is 11.9 Å². The van der Waals surface area contributed by atoms with E-state index >= 15 is 0 Å². The molecule has 4 N–H and O–H groups in total. The van der Waals surface area contributed by atoms with Crippen molar-refractivity contribution in [3.63, 3.8) is 0 Å². The number of nitrogens with two attached hydrogens (primary N) is 1. The van der Waals surface area contributed by atoms with Crippen molar-refractivity contribution >= 4 is 17.5 Å². The van der Waals surface area contributed by atoms with Crippen molar-refractivity contribution in [2.24, 2.45) is 5.73 Å². The Kier molecular flexibility index (Phi) is 5.36. The van der Waals surface area contributed by atoms with E-state index in [1.165, 1.54) is 0 Å². The van der Waals surface area contributed by atoms with Crippen molar-refractivity contribution in [1.29, 1.82) is 0 Å². The Labute approximate surface area is 135 Å². The number of benzene rings is 2. The van der Waals surface area contributed by atoms with Gasteiger partial charge in [0, 0.05) is 11.3 Å². The fourth-order valence-electron chi connectivity index (χ4n) is 2.35. The second kappa shape index (κ2) is 7.45. The largest absolute Gasteiger partial charge is 0.376 e. The van der Waals surface area contributed by atoms with E-state index in [1.807, 2.05) is 44.2 Å². The molecule has 0 aliphatic rings. The Morgan fingerprint density at radius 1 is 1.13 bits per heavy atom. The SMILES string of the molecule is Cc1cc(NCC(=O)NC(C)c2ccccc2)ccc1C(N)=O. The van der Waals surface area contributed by atoms with Crippen LogP contribution in [0.2, 0.25) is 0 Å². The molecule has 0 radical (unpaired) electrons. The lowest BCUT2D eigenvalue weighted by atomic mass is 10.1. The van der Waals surface area contributed by atoms with Crippen LogP contribution in [-0.4, -0.2) is 18.4 Å². The Bertz CT molecular complexity index is 699. The zero-order valence-corrected chi connectivity index (χ0v) is 13.3. The molecular formula is C18H21N3O2. The molecule has 0 spiro atoms. The highest BCUT2D eigenvalue weighted by Gasteiger charge is 2.10. The first-order valence-electron chi connectivity index (χ1n) is 7.46. The zero-order chi connectivity index (χ0) is 16.8. The molecule has 0 fully saturated rings. The van der Waals surface area contributed by atoms with Crippen LogP contribution < -0.4 is 16.4 Å². The molecule has 5 nitrogen and oxygen atoms in total. The highest BCUT2D eigenvalue weighted by atomic mass is 16.2. The molecule has 0 heterocycles. The van der Waals surface area contributed by atoms with E-state index in [4.69, 9.17) is 5.73 Å². The number of aryl methyl sites for hydroxylation is 1. The standard InChI is InChI=1S/C18H21N3O2/c1-12-10-15(8-9-16(12)18(19)23)20-11-17(22)21-13(2)14-6-4-3-5-7-14/h3-10,13,20H,11H2,1-2H3,(H2,19,23)(H,21,22). The number of carbonyl (C=O) groups is 2. The van der Waals surface area contributed by atoms with Crippen LogP contribution in [0.3, 0.4) is 0 Å². The van der Waals surface area contributed by atoms with Crippen molar-refractivity contribution in [3.8, 4) is 0 Å². The van der Waals surface area contributed by atoms with E-state index in [2.05, 4.69) is 10.6 Å². The lowest BCUT2D eigenvalue weighted by Gasteiger charge is -2.15. The molecule has 0 bridgehead atoms. The van der Waals surface area contributed by atoms with Crippen LogP contribution >= 0.6 is 0 Å². The maximum atomic E-state index is 12.0. The number of hydrogen-bond acceptors (Lipinski definition) is 3. The average Bonchev–Trinajstić information content (AvgIpc) is 2.53. The summed E-state index contributed by atoms with van der Waals surface area (Å²) in [6.07, 6.45) is 0. The van der Waals surface area contributed by atoms with Gasteiger partial charge in [-0.1, -0.05) is 30.3 Å². The van der Waals surface area contributed by atoms with E-state index in [9.17, 15) is 9.59 Å². The minimum absolute atomic E-state index is 0.0514. The molecule has 0 aliphatic carbocycles. The minimum atomic E-state index is -0.455. The number of rotatable bonds is 6. The van der Waals surface area contributed by atoms with Gasteiger partial charge in [-0.25, -0.2) is 0 Å². The number of primary amides is 1. The van der Waals surface area contributed by atoms with Gasteiger partial charge in [-0.15, -0.1) is 0 Å². The summed E-state index contributed by atoms with van der Waals surface area (Å²) in [6, 6.07) is 14.9. The molecule has 0 saturated carbocycles. The molecule has 1 unspecified atom stereocenters. The summed E-state index contributed by atoms with van der Waals surface area (Å²) in [7, 11) is 0. The van der Waals surface area contributed by atoms with Gasteiger partial charge in [0.1, 0.15) is 0 Å². The number of carbonyl (C=O) groups excluding carboxylic acids is 2. The number of nitrogens with one attached hydrogen (secondary N) is 2. The lowest BCUT2D eigenvalue weighted by molar-refractivity contribution is -0.120. The molecule has 2 aromatic carbocycles. The normalized spacial score (nSPS) is 11.6. The lowest BCUT2D eigenvalue weighted by Crippen LogP contribution is -2.32. The molecule has 23 heavy (non-hydrogen) atoms. The first-order valence-corrected chi connectivity index (χ1v) is 7.46. The third-order valence-electron chi connectivity index (χ3n) is 3.62. The van der Waals surface area contributed by atoms with Gasteiger partial charge in [0.15, 0.2) is 0 Å². The van der Waals surface area contributed by atoms with E-state index in [0.717, 1.165) is 16.8 Å². The van der Waals surface area contributed by atoms with Gasteiger partial charge in [0.05, 0.1) is 12.6 Å². The van der Waals surface area contributed by atoms with Gasteiger partial charge in [-0.3, -0.25) is 9.59 Å². The summed E-state index contributed by atoms with van der Waals surface area (Å²) >= 11 is 0. The van der Waals surface area contributed by atoms with Crippen molar-refractivity contribution in [1.82, 2.24) is 5.32 Å². The highest BCUT2D eigenvalue weighted by Crippen LogP contribution is 2.15. The molecule has 1 atom stereocenters. The minimum Gasteiger partial charge on any atom is -0.376 e. The summed E-state index contributed by atoms with van der Waals surface area (Å²) < 4.78 is 0. The molecule has 120 valence electrons. The van der Waals surface area contributed by atoms with Gasteiger partial charge in [-0.2, -0.15) is 0 Å². The molecule has 2 amide bonds. The van der Waals surface area contributed by atoms with Crippen LogP contribution in [0.25, 0.3) is 0 Å². The maximum absolute atomic E-state index is 12.0. The van der Waals surface area contributed by atoms with Crippen LogP contribution in [0.1, 0.15) is 34.5 Å². The van der Waals surface area contributed by atoms with Crippen molar-refractivity contribution in [3.05, 3.63) is 65.2 Å². The number of anilines is 1. The van der Waals surface area contributed by atoms with Crippen LogP contribution in [0.4, 0.5) is 5.69 Å². The average molecular weight is 311 g/mol. The van der Waals surface area contributed by atoms with Gasteiger partial charge < -0.3 is 16.4 Å². The van der Waals surface area contributed by atoms with E-state index < -0.39 is 5.91 Å². The topological polar surface area (TPSA) is 84.2 Å². The van der Waals surface area contributed by atoms with Gasteiger partial charge >= 0.3 is 0 Å². The fraction of sp³-hybridized carbons (Fsp3) is 0.222. The molecular weight excluding hydrogens is 290 g/mol. The molecule has 0 aliphatic heterocycles. The van der Waals surface area contributed by atoms with E-state index in [-0.39, 0.29) is 18.5 Å². The Hall–Kier alpha value is -2.82. The summed E-state index contributed by atoms with van der Waals surface area (Å²) in [6.45, 7) is 3.91. The Balaban J connectivity index is 1.89. The Morgan fingerprint density at radius 2 is 1.83 bits per heavy atom.